The standard InChI is InChI=1S/C19H21N3OS/c1-13-7-4-5-8-16(13)19(23)20-12-17(18-9-6-10-24-18)22-15(3)11-14(2)21-22/h4-11,17H,12H2,1-3H3,(H,20,23). The Labute approximate surface area is 146 Å². The quantitative estimate of drug-likeness (QED) is 0.766. The zero-order valence-electron chi connectivity index (χ0n) is 14.1. The summed E-state index contributed by atoms with van der Waals surface area (Å²) in [6, 6.07) is 13.8. The minimum Gasteiger partial charge on any atom is -0.349 e. The van der Waals surface area contributed by atoms with Crippen molar-refractivity contribution >= 4 is 17.2 Å². The largest absolute Gasteiger partial charge is 0.349 e. The Morgan fingerprint density at radius 1 is 1.21 bits per heavy atom. The van der Waals surface area contributed by atoms with Crippen molar-refractivity contribution < 1.29 is 4.79 Å². The van der Waals surface area contributed by atoms with Crippen LogP contribution in [0.25, 0.3) is 0 Å². The number of amides is 1. The second-order valence-corrected chi connectivity index (χ2v) is 6.91. The number of hydrogen-bond donors (Lipinski definition) is 1. The molecule has 1 aromatic carbocycles. The minimum atomic E-state index is -0.0452. The predicted molar refractivity (Wildman–Crippen MR) is 97.7 cm³/mol. The van der Waals surface area contributed by atoms with Gasteiger partial charge in [-0.3, -0.25) is 9.48 Å². The van der Waals surface area contributed by atoms with Gasteiger partial charge in [0, 0.05) is 22.7 Å². The molecule has 1 unspecified atom stereocenters. The normalized spacial score (nSPS) is 12.1. The molecule has 3 rings (SSSR count). The summed E-state index contributed by atoms with van der Waals surface area (Å²) in [5.74, 6) is -0.0452. The van der Waals surface area contributed by atoms with E-state index in [1.54, 1.807) is 11.3 Å². The minimum absolute atomic E-state index is 0.00617. The Morgan fingerprint density at radius 3 is 2.62 bits per heavy atom. The third kappa shape index (κ3) is 3.41. The summed E-state index contributed by atoms with van der Waals surface area (Å²) in [6.45, 7) is 6.49. The molecule has 1 atom stereocenters. The van der Waals surface area contributed by atoms with Crippen LogP contribution >= 0.6 is 11.3 Å². The number of aromatic nitrogens is 2. The molecule has 124 valence electrons. The molecule has 1 amide bonds. The van der Waals surface area contributed by atoms with Gasteiger partial charge in [-0.25, -0.2) is 0 Å². The van der Waals surface area contributed by atoms with Gasteiger partial charge in [0.25, 0.3) is 5.91 Å². The van der Waals surface area contributed by atoms with E-state index in [2.05, 4.69) is 27.9 Å². The fourth-order valence-electron chi connectivity index (χ4n) is 2.86. The van der Waals surface area contributed by atoms with Crippen molar-refractivity contribution in [2.75, 3.05) is 6.54 Å². The zero-order chi connectivity index (χ0) is 17.1. The Morgan fingerprint density at radius 2 is 2.00 bits per heavy atom. The predicted octanol–water partition coefficient (Wildman–Crippen LogP) is 3.89. The van der Waals surface area contributed by atoms with E-state index in [1.807, 2.05) is 55.8 Å². The highest BCUT2D eigenvalue weighted by molar-refractivity contribution is 7.10. The number of nitrogens with one attached hydrogen (secondary N) is 1. The van der Waals surface area contributed by atoms with Crippen LogP contribution in [-0.4, -0.2) is 22.2 Å². The van der Waals surface area contributed by atoms with Crippen LogP contribution in [0.5, 0.6) is 0 Å². The van der Waals surface area contributed by atoms with E-state index in [9.17, 15) is 4.79 Å². The van der Waals surface area contributed by atoms with Crippen LogP contribution in [-0.2, 0) is 0 Å². The molecule has 0 saturated heterocycles. The first kappa shape index (κ1) is 16.5. The third-order valence-electron chi connectivity index (χ3n) is 4.06. The summed E-state index contributed by atoms with van der Waals surface area (Å²) in [5, 5.41) is 9.73. The molecular formula is C19H21N3OS. The maximum Gasteiger partial charge on any atom is 0.251 e. The van der Waals surface area contributed by atoms with Gasteiger partial charge in [0.1, 0.15) is 6.04 Å². The fourth-order valence-corrected chi connectivity index (χ4v) is 3.67. The van der Waals surface area contributed by atoms with Crippen molar-refractivity contribution in [2.24, 2.45) is 0 Å². The lowest BCUT2D eigenvalue weighted by Crippen LogP contribution is -2.32. The molecule has 0 bridgehead atoms. The number of aryl methyl sites for hydroxylation is 3. The van der Waals surface area contributed by atoms with Gasteiger partial charge in [-0.1, -0.05) is 24.3 Å². The van der Waals surface area contributed by atoms with Gasteiger partial charge in [0.05, 0.1) is 5.69 Å². The second kappa shape index (κ2) is 7.01. The molecule has 24 heavy (non-hydrogen) atoms. The van der Waals surface area contributed by atoms with Crippen molar-refractivity contribution in [2.45, 2.75) is 26.8 Å². The Bertz CT molecular complexity index is 836. The van der Waals surface area contributed by atoms with Crippen molar-refractivity contribution in [3.05, 3.63) is 75.2 Å². The number of nitrogens with zero attached hydrogens (tertiary/aromatic N) is 2. The molecule has 0 aliphatic heterocycles. The molecule has 0 saturated carbocycles. The molecule has 0 spiro atoms. The van der Waals surface area contributed by atoms with Gasteiger partial charge in [0.15, 0.2) is 0 Å². The lowest BCUT2D eigenvalue weighted by molar-refractivity contribution is 0.0948. The first-order valence-electron chi connectivity index (χ1n) is 7.96. The molecule has 4 nitrogen and oxygen atoms in total. The third-order valence-corrected chi connectivity index (χ3v) is 5.03. The molecule has 0 aliphatic carbocycles. The van der Waals surface area contributed by atoms with E-state index in [-0.39, 0.29) is 11.9 Å². The summed E-state index contributed by atoms with van der Waals surface area (Å²) < 4.78 is 2.00. The zero-order valence-corrected chi connectivity index (χ0v) is 14.9. The first-order chi connectivity index (χ1) is 11.6. The lowest BCUT2D eigenvalue weighted by Gasteiger charge is -2.19. The lowest BCUT2D eigenvalue weighted by atomic mass is 10.1. The topological polar surface area (TPSA) is 46.9 Å². The van der Waals surface area contributed by atoms with E-state index >= 15 is 0 Å². The molecule has 2 heterocycles. The van der Waals surface area contributed by atoms with Crippen LogP contribution in [0.15, 0.2) is 47.8 Å². The van der Waals surface area contributed by atoms with Crippen molar-refractivity contribution in [1.29, 1.82) is 0 Å². The van der Waals surface area contributed by atoms with Crippen LogP contribution in [0.1, 0.15) is 38.2 Å². The van der Waals surface area contributed by atoms with E-state index in [0.717, 1.165) is 22.5 Å². The van der Waals surface area contributed by atoms with Crippen molar-refractivity contribution in [1.82, 2.24) is 15.1 Å². The highest BCUT2D eigenvalue weighted by atomic mass is 32.1. The van der Waals surface area contributed by atoms with Crippen LogP contribution in [0.2, 0.25) is 0 Å². The number of hydrogen-bond acceptors (Lipinski definition) is 3. The maximum atomic E-state index is 12.5. The molecule has 0 fully saturated rings. The first-order valence-corrected chi connectivity index (χ1v) is 8.84. The summed E-state index contributed by atoms with van der Waals surface area (Å²) in [5.41, 5.74) is 3.78. The molecule has 1 N–H and O–H groups in total. The molecular weight excluding hydrogens is 318 g/mol. The van der Waals surface area contributed by atoms with Crippen LogP contribution in [0.4, 0.5) is 0 Å². The summed E-state index contributed by atoms with van der Waals surface area (Å²) in [6.07, 6.45) is 0. The number of carbonyl (C=O) groups is 1. The SMILES string of the molecule is Cc1cc(C)n(C(CNC(=O)c2ccccc2C)c2cccs2)n1. The second-order valence-electron chi connectivity index (χ2n) is 5.93. The number of rotatable bonds is 5. The summed E-state index contributed by atoms with van der Waals surface area (Å²) in [7, 11) is 0. The van der Waals surface area contributed by atoms with Gasteiger partial charge in [-0.15, -0.1) is 11.3 Å². The van der Waals surface area contributed by atoms with E-state index in [1.165, 1.54) is 4.88 Å². The molecule has 5 heteroatoms. The van der Waals surface area contributed by atoms with Crippen LogP contribution < -0.4 is 5.32 Å². The van der Waals surface area contributed by atoms with E-state index in [4.69, 9.17) is 0 Å². The monoisotopic (exact) mass is 339 g/mol. The molecule has 0 aliphatic rings. The molecule has 3 aromatic rings. The van der Waals surface area contributed by atoms with Crippen molar-refractivity contribution in [3.63, 3.8) is 0 Å². The number of benzene rings is 1. The van der Waals surface area contributed by atoms with E-state index in [0.29, 0.717) is 6.54 Å². The average Bonchev–Trinajstić information content (AvgIpc) is 3.18. The Kier molecular flexibility index (Phi) is 4.81. The van der Waals surface area contributed by atoms with E-state index < -0.39 is 0 Å². The summed E-state index contributed by atoms with van der Waals surface area (Å²) in [4.78, 5) is 13.7. The number of thiophene rings is 1. The fraction of sp³-hybridized carbons (Fsp3) is 0.263. The highest BCUT2D eigenvalue weighted by Crippen LogP contribution is 2.24. The number of carbonyl (C=O) groups excluding carboxylic acids is 1. The molecule has 0 radical (unpaired) electrons. The van der Waals surface area contributed by atoms with Gasteiger partial charge < -0.3 is 5.32 Å². The van der Waals surface area contributed by atoms with Gasteiger partial charge in [-0.05, 0) is 49.9 Å². The van der Waals surface area contributed by atoms with Gasteiger partial charge in [-0.2, -0.15) is 5.10 Å². The summed E-state index contributed by atoms with van der Waals surface area (Å²) >= 11 is 1.68. The van der Waals surface area contributed by atoms with Crippen molar-refractivity contribution in [3.8, 4) is 0 Å². The maximum absolute atomic E-state index is 12.5. The van der Waals surface area contributed by atoms with Crippen LogP contribution in [0, 0.1) is 20.8 Å². The van der Waals surface area contributed by atoms with Gasteiger partial charge >= 0.3 is 0 Å². The Hall–Kier alpha value is -2.40. The molecule has 2 aromatic heterocycles. The van der Waals surface area contributed by atoms with Crippen LogP contribution in [0.3, 0.4) is 0 Å². The highest BCUT2D eigenvalue weighted by Gasteiger charge is 2.19. The average molecular weight is 339 g/mol. The smallest absolute Gasteiger partial charge is 0.251 e. The Balaban J connectivity index is 1.82. The van der Waals surface area contributed by atoms with Gasteiger partial charge in [0.2, 0.25) is 0 Å².